The van der Waals surface area contributed by atoms with E-state index in [9.17, 15) is 4.79 Å². The van der Waals surface area contributed by atoms with Gasteiger partial charge in [0.25, 0.3) is 0 Å². The van der Waals surface area contributed by atoms with Gasteiger partial charge in [-0.15, -0.1) is 0 Å². The maximum absolute atomic E-state index is 12.7. The molecule has 8 heteroatoms. The molecule has 6 rings (SSSR count). The summed E-state index contributed by atoms with van der Waals surface area (Å²) in [5.41, 5.74) is 4.49. The number of carbonyl (C=O) groups excluding carboxylic acids is 1. The van der Waals surface area contributed by atoms with Crippen molar-refractivity contribution in [2.45, 2.75) is 32.6 Å². The molecular formula is C29H31N3O5. The number of ether oxygens (including phenoxy) is 4. The molecule has 0 atom stereocenters. The van der Waals surface area contributed by atoms with Crippen molar-refractivity contribution in [2.24, 2.45) is 5.41 Å². The number of carbonyl (C=O) groups is 1. The van der Waals surface area contributed by atoms with Gasteiger partial charge in [0.2, 0.25) is 5.91 Å². The number of rotatable bonds is 7. The molecule has 3 aliphatic rings. The van der Waals surface area contributed by atoms with Crippen molar-refractivity contribution < 1.29 is 23.7 Å². The molecular weight excluding hydrogens is 470 g/mol. The first-order valence-electron chi connectivity index (χ1n) is 12.8. The third kappa shape index (κ3) is 4.73. The number of hydrogen-bond donors (Lipinski definition) is 0. The number of piperidine rings is 1. The Bertz CT molecular complexity index is 1370. The van der Waals surface area contributed by atoms with E-state index in [1.807, 2.05) is 29.2 Å². The third-order valence-corrected chi connectivity index (χ3v) is 7.61. The summed E-state index contributed by atoms with van der Waals surface area (Å²) in [4.78, 5) is 23.7. The van der Waals surface area contributed by atoms with Gasteiger partial charge < -0.3 is 23.8 Å². The Kier molecular flexibility index (Phi) is 6.20. The molecule has 1 amide bonds. The number of likely N-dealkylation sites (tertiary alicyclic amines) is 1. The van der Waals surface area contributed by atoms with Crippen LogP contribution >= 0.6 is 0 Å². The van der Waals surface area contributed by atoms with E-state index >= 15 is 0 Å². The number of pyridine rings is 2. The van der Waals surface area contributed by atoms with Gasteiger partial charge >= 0.3 is 0 Å². The molecule has 0 saturated carbocycles. The van der Waals surface area contributed by atoms with E-state index in [2.05, 4.69) is 23.0 Å². The van der Waals surface area contributed by atoms with Crippen LogP contribution in [0.15, 0.2) is 42.2 Å². The number of aromatic nitrogens is 2. The molecule has 8 nitrogen and oxygen atoms in total. The Labute approximate surface area is 216 Å². The Morgan fingerprint density at radius 1 is 1.11 bits per heavy atom. The Hall–Kier alpha value is -3.65. The van der Waals surface area contributed by atoms with Gasteiger partial charge in [-0.2, -0.15) is 0 Å². The van der Waals surface area contributed by atoms with Gasteiger partial charge in [0.1, 0.15) is 11.5 Å². The molecule has 0 bridgehead atoms. The van der Waals surface area contributed by atoms with Gasteiger partial charge in [0, 0.05) is 42.6 Å². The second kappa shape index (κ2) is 9.67. The first-order chi connectivity index (χ1) is 18.0. The van der Waals surface area contributed by atoms with Crippen molar-refractivity contribution in [1.82, 2.24) is 14.9 Å². The summed E-state index contributed by atoms with van der Waals surface area (Å²) in [6.45, 7) is 5.64. The molecule has 1 aromatic carbocycles. The standard InChI is InChI=1S/C29H31N3O5/c1-19-11-20-13-21(16-31-23(20)12-19)37-25-3-7-30-24-15-27(26(34-2)14-22(24)25)36-10-4-28(33)32-8-5-29(6-9-32)17-35-18-29/h3,7,11,13-16H,4-6,8-10,12,17-18H2,1-2H3. The number of allylic oxidation sites excluding steroid dienone is 1. The van der Waals surface area contributed by atoms with Gasteiger partial charge in [0.05, 0.1) is 50.8 Å². The maximum atomic E-state index is 12.7. The smallest absolute Gasteiger partial charge is 0.225 e. The van der Waals surface area contributed by atoms with Crippen LogP contribution in [-0.4, -0.2) is 60.8 Å². The van der Waals surface area contributed by atoms with Crippen molar-refractivity contribution in [3.63, 3.8) is 0 Å². The lowest BCUT2D eigenvalue weighted by atomic mass is 9.77. The number of amides is 1. The lowest BCUT2D eigenvalue weighted by molar-refractivity contribution is -0.153. The van der Waals surface area contributed by atoms with Crippen molar-refractivity contribution in [3.8, 4) is 23.0 Å². The summed E-state index contributed by atoms with van der Waals surface area (Å²) in [6.07, 6.45) is 8.85. The molecule has 2 saturated heterocycles. The third-order valence-electron chi connectivity index (χ3n) is 7.61. The van der Waals surface area contributed by atoms with Crippen LogP contribution < -0.4 is 14.2 Å². The summed E-state index contributed by atoms with van der Waals surface area (Å²) in [7, 11) is 1.60. The van der Waals surface area contributed by atoms with E-state index in [0.29, 0.717) is 40.4 Å². The molecule has 2 aliphatic heterocycles. The zero-order valence-corrected chi connectivity index (χ0v) is 21.3. The van der Waals surface area contributed by atoms with Crippen LogP contribution in [0.1, 0.15) is 37.4 Å². The van der Waals surface area contributed by atoms with E-state index in [0.717, 1.165) is 62.2 Å². The molecule has 0 unspecified atom stereocenters. The van der Waals surface area contributed by atoms with Crippen LogP contribution in [0.2, 0.25) is 0 Å². The van der Waals surface area contributed by atoms with Gasteiger partial charge in [-0.25, -0.2) is 0 Å². The number of methoxy groups -OCH3 is 1. The minimum atomic E-state index is 0.122. The van der Waals surface area contributed by atoms with E-state index < -0.39 is 0 Å². The molecule has 0 N–H and O–H groups in total. The molecule has 1 spiro atoms. The predicted molar refractivity (Wildman–Crippen MR) is 139 cm³/mol. The van der Waals surface area contributed by atoms with Crippen LogP contribution in [-0.2, 0) is 16.0 Å². The average Bonchev–Trinajstić information content (AvgIpc) is 3.27. The number of fused-ring (bicyclic) bond motifs is 2. The number of hydrogen-bond acceptors (Lipinski definition) is 7. The van der Waals surface area contributed by atoms with Gasteiger partial charge in [-0.05, 0) is 43.5 Å². The fourth-order valence-corrected chi connectivity index (χ4v) is 5.33. The van der Waals surface area contributed by atoms with Crippen LogP contribution in [0.25, 0.3) is 17.0 Å². The lowest BCUT2D eigenvalue weighted by Gasteiger charge is -2.47. The summed E-state index contributed by atoms with van der Waals surface area (Å²) >= 11 is 0. The predicted octanol–water partition coefficient (Wildman–Crippen LogP) is 4.80. The van der Waals surface area contributed by atoms with E-state index in [1.54, 1.807) is 19.5 Å². The van der Waals surface area contributed by atoms with Crippen molar-refractivity contribution in [3.05, 3.63) is 53.5 Å². The first kappa shape index (κ1) is 23.7. The van der Waals surface area contributed by atoms with Gasteiger partial charge in [-0.1, -0.05) is 11.6 Å². The second-order valence-electron chi connectivity index (χ2n) is 10.3. The van der Waals surface area contributed by atoms with Gasteiger partial charge in [-0.3, -0.25) is 14.8 Å². The summed E-state index contributed by atoms with van der Waals surface area (Å²) in [5.74, 6) is 2.56. The molecule has 37 heavy (non-hydrogen) atoms. The number of benzene rings is 1. The summed E-state index contributed by atoms with van der Waals surface area (Å²) in [6, 6.07) is 7.54. The molecule has 3 aromatic rings. The molecule has 2 fully saturated rings. The largest absolute Gasteiger partial charge is 0.493 e. The Morgan fingerprint density at radius 2 is 1.95 bits per heavy atom. The van der Waals surface area contributed by atoms with Crippen LogP contribution in [0, 0.1) is 5.41 Å². The molecule has 1 aliphatic carbocycles. The van der Waals surface area contributed by atoms with Crippen molar-refractivity contribution >= 4 is 22.9 Å². The Morgan fingerprint density at radius 3 is 2.70 bits per heavy atom. The van der Waals surface area contributed by atoms with Gasteiger partial charge in [0.15, 0.2) is 11.5 Å². The highest BCUT2D eigenvalue weighted by molar-refractivity contribution is 5.88. The maximum Gasteiger partial charge on any atom is 0.225 e. The topological polar surface area (TPSA) is 83.0 Å². The first-order valence-corrected chi connectivity index (χ1v) is 12.8. The van der Waals surface area contributed by atoms with Crippen LogP contribution in [0.3, 0.4) is 0 Å². The van der Waals surface area contributed by atoms with E-state index in [4.69, 9.17) is 18.9 Å². The lowest BCUT2D eigenvalue weighted by Crippen LogP contribution is -2.52. The highest BCUT2D eigenvalue weighted by atomic mass is 16.5. The average molecular weight is 502 g/mol. The molecule has 4 heterocycles. The fraction of sp³-hybridized carbons (Fsp3) is 0.414. The summed E-state index contributed by atoms with van der Waals surface area (Å²) in [5, 5.41) is 0.803. The molecule has 2 aromatic heterocycles. The summed E-state index contributed by atoms with van der Waals surface area (Å²) < 4.78 is 23.2. The fourth-order valence-electron chi connectivity index (χ4n) is 5.33. The SMILES string of the molecule is COc1cc2c(Oc3cnc4c(c3)C=C(C)C4)ccnc2cc1OCCC(=O)N1CCC2(CC1)COC2. The highest BCUT2D eigenvalue weighted by Gasteiger charge is 2.41. The minimum absolute atomic E-state index is 0.122. The second-order valence-corrected chi connectivity index (χ2v) is 10.3. The Balaban J connectivity index is 1.13. The van der Waals surface area contributed by atoms with Crippen molar-refractivity contribution in [1.29, 1.82) is 0 Å². The van der Waals surface area contributed by atoms with E-state index in [1.165, 1.54) is 5.57 Å². The monoisotopic (exact) mass is 501 g/mol. The quantitative estimate of drug-likeness (QED) is 0.460. The zero-order valence-electron chi connectivity index (χ0n) is 21.3. The van der Waals surface area contributed by atoms with Crippen molar-refractivity contribution in [2.75, 3.05) is 40.0 Å². The highest BCUT2D eigenvalue weighted by Crippen LogP contribution is 2.39. The zero-order chi connectivity index (χ0) is 25.4. The van der Waals surface area contributed by atoms with Crippen LogP contribution in [0.5, 0.6) is 23.0 Å². The normalized spacial score (nSPS) is 17.8. The molecule has 192 valence electrons. The van der Waals surface area contributed by atoms with E-state index in [-0.39, 0.29) is 12.5 Å². The van der Waals surface area contributed by atoms with Crippen LogP contribution in [0.4, 0.5) is 0 Å². The number of nitrogens with zero attached hydrogens (tertiary/aromatic N) is 3. The minimum Gasteiger partial charge on any atom is -0.493 e. The molecule has 0 radical (unpaired) electrons.